The number of aromatic nitrogens is 2. The molecular weight excluding hydrogens is 204 g/mol. The van der Waals surface area contributed by atoms with Gasteiger partial charge in [-0.2, -0.15) is 0 Å². The standard InChI is InChI=1S/C12H12N2O2/c1-9(15)10-4-6-14-12(7-10)16-11-3-2-5-13-8-11/h2-9,15H,1H3/t9-/m1/s1. The van der Waals surface area contributed by atoms with E-state index in [9.17, 15) is 5.11 Å². The third kappa shape index (κ3) is 2.55. The summed E-state index contributed by atoms with van der Waals surface area (Å²) in [5.41, 5.74) is 0.772. The highest BCUT2D eigenvalue weighted by Gasteiger charge is 2.04. The molecule has 0 saturated heterocycles. The van der Waals surface area contributed by atoms with Gasteiger partial charge < -0.3 is 9.84 Å². The minimum absolute atomic E-state index is 0.450. The van der Waals surface area contributed by atoms with Gasteiger partial charge in [-0.15, -0.1) is 0 Å². The molecule has 0 saturated carbocycles. The van der Waals surface area contributed by atoms with Gasteiger partial charge in [0.2, 0.25) is 5.88 Å². The maximum atomic E-state index is 9.42. The molecule has 0 unspecified atom stereocenters. The Balaban J connectivity index is 2.19. The van der Waals surface area contributed by atoms with Crippen molar-refractivity contribution in [2.24, 2.45) is 0 Å². The molecule has 2 heterocycles. The second kappa shape index (κ2) is 4.72. The first-order valence-corrected chi connectivity index (χ1v) is 4.97. The fraction of sp³-hybridized carbons (Fsp3) is 0.167. The molecule has 2 aromatic rings. The first-order chi connectivity index (χ1) is 7.75. The van der Waals surface area contributed by atoms with Gasteiger partial charge >= 0.3 is 0 Å². The lowest BCUT2D eigenvalue weighted by molar-refractivity contribution is 0.198. The molecule has 0 spiro atoms. The van der Waals surface area contributed by atoms with Crippen LogP contribution < -0.4 is 4.74 Å². The molecule has 0 radical (unpaired) electrons. The summed E-state index contributed by atoms with van der Waals surface area (Å²) in [6.07, 6.45) is 4.36. The number of nitrogens with zero attached hydrogens (tertiary/aromatic N) is 2. The number of hydrogen-bond acceptors (Lipinski definition) is 4. The Bertz CT molecular complexity index is 458. The van der Waals surface area contributed by atoms with Crippen LogP contribution in [0.2, 0.25) is 0 Å². The highest BCUT2D eigenvalue weighted by molar-refractivity contribution is 5.27. The van der Waals surface area contributed by atoms with Crippen LogP contribution in [0.4, 0.5) is 0 Å². The van der Waals surface area contributed by atoms with Gasteiger partial charge in [-0.1, -0.05) is 0 Å². The molecule has 82 valence electrons. The van der Waals surface area contributed by atoms with Crippen LogP contribution in [0.5, 0.6) is 11.6 Å². The number of ether oxygens (including phenoxy) is 1. The average molecular weight is 216 g/mol. The third-order valence-electron chi connectivity index (χ3n) is 2.10. The molecule has 0 amide bonds. The van der Waals surface area contributed by atoms with Crippen molar-refractivity contribution in [2.45, 2.75) is 13.0 Å². The molecular formula is C12H12N2O2. The normalized spacial score (nSPS) is 12.1. The molecule has 0 aliphatic heterocycles. The Morgan fingerprint density at radius 1 is 1.31 bits per heavy atom. The maximum Gasteiger partial charge on any atom is 0.219 e. The molecule has 4 heteroatoms. The Kier molecular flexibility index (Phi) is 3.12. The fourth-order valence-electron chi connectivity index (χ4n) is 1.27. The minimum Gasteiger partial charge on any atom is -0.437 e. The zero-order valence-electron chi connectivity index (χ0n) is 8.87. The molecule has 16 heavy (non-hydrogen) atoms. The monoisotopic (exact) mass is 216 g/mol. The van der Waals surface area contributed by atoms with E-state index in [1.807, 2.05) is 0 Å². The Morgan fingerprint density at radius 3 is 2.88 bits per heavy atom. The van der Waals surface area contributed by atoms with Crippen LogP contribution >= 0.6 is 0 Å². The number of hydrogen-bond donors (Lipinski definition) is 1. The van der Waals surface area contributed by atoms with Crippen LogP contribution in [0, 0.1) is 0 Å². The molecule has 0 aliphatic rings. The quantitative estimate of drug-likeness (QED) is 0.855. The fourth-order valence-corrected chi connectivity index (χ4v) is 1.27. The van der Waals surface area contributed by atoms with Gasteiger partial charge in [-0.3, -0.25) is 4.98 Å². The van der Waals surface area contributed by atoms with Crippen LogP contribution in [0.25, 0.3) is 0 Å². The summed E-state index contributed by atoms with van der Waals surface area (Å²) in [4.78, 5) is 7.99. The average Bonchev–Trinajstić information content (AvgIpc) is 2.30. The van der Waals surface area contributed by atoms with Crippen molar-refractivity contribution < 1.29 is 9.84 Å². The molecule has 1 N–H and O–H groups in total. The summed E-state index contributed by atoms with van der Waals surface area (Å²) in [6, 6.07) is 7.04. The summed E-state index contributed by atoms with van der Waals surface area (Å²) >= 11 is 0. The van der Waals surface area contributed by atoms with E-state index in [4.69, 9.17) is 4.74 Å². The molecule has 0 bridgehead atoms. The maximum absolute atomic E-state index is 9.42. The summed E-state index contributed by atoms with van der Waals surface area (Å²) < 4.78 is 5.48. The van der Waals surface area contributed by atoms with Gasteiger partial charge in [0.25, 0.3) is 0 Å². The Hall–Kier alpha value is -1.94. The largest absolute Gasteiger partial charge is 0.437 e. The van der Waals surface area contributed by atoms with E-state index < -0.39 is 6.10 Å². The molecule has 2 aromatic heterocycles. The van der Waals surface area contributed by atoms with Crippen molar-refractivity contribution >= 4 is 0 Å². The summed E-state index contributed by atoms with van der Waals surface area (Å²) in [5, 5.41) is 9.42. The number of rotatable bonds is 3. The predicted octanol–water partition coefficient (Wildman–Crippen LogP) is 2.32. The van der Waals surface area contributed by atoms with Crippen molar-refractivity contribution in [1.29, 1.82) is 0 Å². The van der Waals surface area contributed by atoms with E-state index in [1.54, 1.807) is 49.8 Å². The van der Waals surface area contributed by atoms with Crippen molar-refractivity contribution in [2.75, 3.05) is 0 Å². The minimum atomic E-state index is -0.528. The lowest BCUT2D eigenvalue weighted by Crippen LogP contribution is -1.94. The molecule has 4 nitrogen and oxygen atoms in total. The third-order valence-corrected chi connectivity index (χ3v) is 2.10. The second-order valence-electron chi connectivity index (χ2n) is 3.39. The number of aliphatic hydroxyl groups excluding tert-OH is 1. The van der Waals surface area contributed by atoms with Gasteiger partial charge in [0.15, 0.2) is 0 Å². The van der Waals surface area contributed by atoms with E-state index in [-0.39, 0.29) is 0 Å². The van der Waals surface area contributed by atoms with Gasteiger partial charge in [-0.25, -0.2) is 4.98 Å². The van der Waals surface area contributed by atoms with Gasteiger partial charge in [0.05, 0.1) is 12.3 Å². The van der Waals surface area contributed by atoms with E-state index in [1.165, 1.54) is 0 Å². The van der Waals surface area contributed by atoms with E-state index in [2.05, 4.69) is 9.97 Å². The van der Waals surface area contributed by atoms with Gasteiger partial charge in [-0.05, 0) is 30.7 Å². The van der Waals surface area contributed by atoms with E-state index in [0.717, 1.165) is 5.56 Å². The Labute approximate surface area is 93.6 Å². The summed E-state index contributed by atoms with van der Waals surface area (Å²) in [7, 11) is 0. The SMILES string of the molecule is C[C@@H](O)c1ccnc(Oc2cccnc2)c1. The molecule has 0 aromatic carbocycles. The van der Waals surface area contributed by atoms with E-state index >= 15 is 0 Å². The van der Waals surface area contributed by atoms with Crippen molar-refractivity contribution in [3.8, 4) is 11.6 Å². The van der Waals surface area contributed by atoms with E-state index in [0.29, 0.717) is 11.6 Å². The van der Waals surface area contributed by atoms with Crippen LogP contribution in [-0.4, -0.2) is 15.1 Å². The zero-order valence-corrected chi connectivity index (χ0v) is 8.87. The first kappa shape index (κ1) is 10.6. The van der Waals surface area contributed by atoms with Crippen molar-refractivity contribution in [3.05, 3.63) is 48.4 Å². The topological polar surface area (TPSA) is 55.2 Å². The van der Waals surface area contributed by atoms with Crippen LogP contribution in [0.1, 0.15) is 18.6 Å². The zero-order chi connectivity index (χ0) is 11.4. The van der Waals surface area contributed by atoms with Gasteiger partial charge in [0, 0.05) is 18.5 Å². The number of aliphatic hydroxyl groups is 1. The molecule has 1 atom stereocenters. The van der Waals surface area contributed by atoms with Crippen LogP contribution in [0.3, 0.4) is 0 Å². The van der Waals surface area contributed by atoms with Crippen LogP contribution in [-0.2, 0) is 0 Å². The molecule has 0 aliphatic carbocycles. The smallest absolute Gasteiger partial charge is 0.219 e. The molecule has 0 fully saturated rings. The summed E-state index contributed by atoms with van der Waals surface area (Å²) in [6.45, 7) is 1.70. The highest BCUT2D eigenvalue weighted by atomic mass is 16.5. The summed E-state index contributed by atoms with van der Waals surface area (Å²) in [5.74, 6) is 1.07. The Morgan fingerprint density at radius 2 is 2.19 bits per heavy atom. The first-order valence-electron chi connectivity index (χ1n) is 4.97. The van der Waals surface area contributed by atoms with Crippen molar-refractivity contribution in [3.63, 3.8) is 0 Å². The molecule has 2 rings (SSSR count). The van der Waals surface area contributed by atoms with Crippen LogP contribution in [0.15, 0.2) is 42.9 Å². The second-order valence-corrected chi connectivity index (χ2v) is 3.39. The van der Waals surface area contributed by atoms with Crippen molar-refractivity contribution in [1.82, 2.24) is 9.97 Å². The highest BCUT2D eigenvalue weighted by Crippen LogP contribution is 2.21. The number of pyridine rings is 2. The lowest BCUT2D eigenvalue weighted by Gasteiger charge is -2.07. The predicted molar refractivity (Wildman–Crippen MR) is 59.2 cm³/mol. The lowest BCUT2D eigenvalue weighted by atomic mass is 10.2. The van der Waals surface area contributed by atoms with Gasteiger partial charge in [0.1, 0.15) is 5.75 Å².